The summed E-state index contributed by atoms with van der Waals surface area (Å²) in [7, 11) is 1.93. The molecule has 1 saturated heterocycles. The zero-order valence-corrected chi connectivity index (χ0v) is 8.25. The summed E-state index contributed by atoms with van der Waals surface area (Å²) in [5.41, 5.74) is 0. The summed E-state index contributed by atoms with van der Waals surface area (Å²) >= 11 is 0. The lowest BCUT2D eigenvalue weighted by Crippen LogP contribution is -2.39. The second kappa shape index (κ2) is 3.66. The molecule has 1 atom stereocenters. The number of nitrogens with one attached hydrogen (secondary N) is 1. The van der Waals surface area contributed by atoms with Gasteiger partial charge in [-0.25, -0.2) is 0 Å². The first kappa shape index (κ1) is 9.00. The van der Waals surface area contributed by atoms with Crippen LogP contribution in [0.1, 0.15) is 25.7 Å². The molecule has 3 heteroatoms. The van der Waals surface area contributed by atoms with Gasteiger partial charge in [0.05, 0.1) is 0 Å². The number of amides is 1. The molecular formula is C10H18N2O. The highest BCUT2D eigenvalue weighted by atomic mass is 16.2. The van der Waals surface area contributed by atoms with Crippen molar-refractivity contribution in [1.82, 2.24) is 10.2 Å². The number of carbonyl (C=O) groups excluding carboxylic acids is 1. The monoisotopic (exact) mass is 182 g/mol. The molecule has 1 amide bonds. The van der Waals surface area contributed by atoms with Gasteiger partial charge in [-0.3, -0.25) is 4.79 Å². The van der Waals surface area contributed by atoms with Crippen LogP contribution in [-0.4, -0.2) is 37.0 Å². The third-order valence-corrected chi connectivity index (χ3v) is 2.96. The van der Waals surface area contributed by atoms with Crippen LogP contribution in [-0.2, 0) is 4.79 Å². The highest BCUT2D eigenvalue weighted by Crippen LogP contribution is 2.30. The van der Waals surface area contributed by atoms with E-state index >= 15 is 0 Å². The molecule has 0 aromatic rings. The number of nitrogens with zero attached hydrogens (tertiary/aromatic N) is 1. The van der Waals surface area contributed by atoms with Crippen LogP contribution in [0.5, 0.6) is 0 Å². The van der Waals surface area contributed by atoms with Crippen molar-refractivity contribution < 1.29 is 4.79 Å². The maximum atomic E-state index is 11.6. The molecule has 13 heavy (non-hydrogen) atoms. The summed E-state index contributed by atoms with van der Waals surface area (Å²) in [6.07, 6.45) is 4.71. The predicted octanol–water partition coefficient (Wildman–Crippen LogP) is 0.607. The smallest absolute Gasteiger partial charge is 0.225 e. The van der Waals surface area contributed by atoms with Crippen molar-refractivity contribution in [1.29, 1.82) is 0 Å². The molecule has 0 bridgehead atoms. The first-order valence-electron chi connectivity index (χ1n) is 5.26. The van der Waals surface area contributed by atoms with Crippen molar-refractivity contribution in [3.8, 4) is 0 Å². The number of likely N-dealkylation sites (N-methyl/N-ethyl adjacent to an activating group) is 1. The van der Waals surface area contributed by atoms with Gasteiger partial charge in [0.1, 0.15) is 0 Å². The average molecular weight is 182 g/mol. The topological polar surface area (TPSA) is 32.3 Å². The van der Waals surface area contributed by atoms with Gasteiger partial charge in [0.15, 0.2) is 0 Å². The molecule has 1 aliphatic carbocycles. The summed E-state index contributed by atoms with van der Waals surface area (Å²) in [4.78, 5) is 13.5. The molecule has 74 valence electrons. The Hall–Kier alpha value is -0.570. The van der Waals surface area contributed by atoms with E-state index < -0.39 is 0 Å². The molecule has 2 rings (SSSR count). The molecule has 2 fully saturated rings. The van der Waals surface area contributed by atoms with Crippen molar-refractivity contribution in [3.63, 3.8) is 0 Å². The predicted molar refractivity (Wildman–Crippen MR) is 51.4 cm³/mol. The lowest BCUT2D eigenvalue weighted by molar-refractivity contribution is -0.131. The Labute approximate surface area is 79.5 Å². The van der Waals surface area contributed by atoms with E-state index in [4.69, 9.17) is 0 Å². The second-order valence-corrected chi connectivity index (χ2v) is 4.29. The first-order chi connectivity index (χ1) is 6.27. The molecule has 0 aromatic carbocycles. The van der Waals surface area contributed by atoms with Crippen LogP contribution in [0.4, 0.5) is 0 Å². The highest BCUT2D eigenvalue weighted by Gasteiger charge is 2.32. The Morgan fingerprint density at radius 2 is 2.23 bits per heavy atom. The lowest BCUT2D eigenvalue weighted by Gasteiger charge is -2.21. The van der Waals surface area contributed by atoms with E-state index in [1.165, 1.54) is 12.8 Å². The summed E-state index contributed by atoms with van der Waals surface area (Å²) < 4.78 is 0. The summed E-state index contributed by atoms with van der Waals surface area (Å²) in [5.74, 6) is 0.722. The molecule has 1 heterocycles. The van der Waals surface area contributed by atoms with E-state index in [9.17, 15) is 4.79 Å². The van der Waals surface area contributed by atoms with Gasteiger partial charge < -0.3 is 10.2 Å². The lowest BCUT2D eigenvalue weighted by atomic mass is 10.2. The fraction of sp³-hybridized carbons (Fsp3) is 0.900. The molecule has 0 aromatic heterocycles. The molecule has 1 aliphatic heterocycles. The number of carbonyl (C=O) groups is 1. The maximum absolute atomic E-state index is 11.6. The van der Waals surface area contributed by atoms with E-state index in [0.29, 0.717) is 17.9 Å². The van der Waals surface area contributed by atoms with Gasteiger partial charge in [-0.05, 0) is 32.2 Å². The molecular weight excluding hydrogens is 164 g/mol. The molecule has 0 spiro atoms. The minimum Gasteiger partial charge on any atom is -0.344 e. The zero-order valence-electron chi connectivity index (χ0n) is 8.25. The zero-order chi connectivity index (χ0) is 9.26. The van der Waals surface area contributed by atoms with Crippen LogP contribution >= 0.6 is 0 Å². The number of hydrogen-bond donors (Lipinski definition) is 1. The highest BCUT2D eigenvalue weighted by molar-refractivity contribution is 5.80. The van der Waals surface area contributed by atoms with E-state index in [1.807, 2.05) is 11.9 Å². The molecule has 3 nitrogen and oxygen atoms in total. The van der Waals surface area contributed by atoms with Gasteiger partial charge in [-0.1, -0.05) is 0 Å². The molecule has 1 saturated carbocycles. The molecule has 2 aliphatic rings. The summed E-state index contributed by atoms with van der Waals surface area (Å²) in [6.45, 7) is 2.02. The van der Waals surface area contributed by atoms with Crippen molar-refractivity contribution in [2.45, 2.75) is 31.7 Å². The van der Waals surface area contributed by atoms with E-state index in [1.54, 1.807) is 0 Å². The SMILES string of the molecule is CN(CC1CCCN1)C(=O)C1CC1. The maximum Gasteiger partial charge on any atom is 0.225 e. The van der Waals surface area contributed by atoms with E-state index in [-0.39, 0.29) is 0 Å². The van der Waals surface area contributed by atoms with Crippen LogP contribution in [0.3, 0.4) is 0 Å². The van der Waals surface area contributed by atoms with Gasteiger partial charge in [-0.15, -0.1) is 0 Å². The fourth-order valence-electron chi connectivity index (χ4n) is 1.98. The number of rotatable bonds is 3. The van der Waals surface area contributed by atoms with Gasteiger partial charge in [0.2, 0.25) is 5.91 Å². The Bertz CT molecular complexity index is 195. The van der Waals surface area contributed by atoms with Crippen molar-refractivity contribution >= 4 is 5.91 Å². The van der Waals surface area contributed by atoms with Gasteiger partial charge in [0.25, 0.3) is 0 Å². The third kappa shape index (κ3) is 2.21. The van der Waals surface area contributed by atoms with Crippen molar-refractivity contribution in [2.24, 2.45) is 5.92 Å². The quantitative estimate of drug-likeness (QED) is 0.693. The van der Waals surface area contributed by atoms with Crippen LogP contribution in [0, 0.1) is 5.92 Å². The van der Waals surface area contributed by atoms with Crippen LogP contribution < -0.4 is 5.32 Å². The Balaban J connectivity index is 1.75. The third-order valence-electron chi connectivity index (χ3n) is 2.96. The minimum absolute atomic E-state index is 0.355. The Kier molecular flexibility index (Phi) is 2.54. The van der Waals surface area contributed by atoms with E-state index in [2.05, 4.69) is 5.32 Å². The van der Waals surface area contributed by atoms with E-state index in [0.717, 1.165) is 25.9 Å². The van der Waals surface area contributed by atoms with Crippen LogP contribution in [0.25, 0.3) is 0 Å². The normalized spacial score (nSPS) is 27.6. The molecule has 1 unspecified atom stereocenters. The van der Waals surface area contributed by atoms with Crippen LogP contribution in [0.15, 0.2) is 0 Å². The largest absolute Gasteiger partial charge is 0.344 e. The summed E-state index contributed by atoms with van der Waals surface area (Å²) in [5, 5.41) is 3.41. The van der Waals surface area contributed by atoms with Gasteiger partial charge >= 0.3 is 0 Å². The van der Waals surface area contributed by atoms with Crippen molar-refractivity contribution in [3.05, 3.63) is 0 Å². The average Bonchev–Trinajstić information content (AvgIpc) is 2.85. The van der Waals surface area contributed by atoms with Crippen molar-refractivity contribution in [2.75, 3.05) is 20.1 Å². The molecule has 1 N–H and O–H groups in total. The summed E-state index contributed by atoms with van der Waals surface area (Å²) in [6, 6.07) is 0.549. The minimum atomic E-state index is 0.355. The first-order valence-corrected chi connectivity index (χ1v) is 5.26. The van der Waals surface area contributed by atoms with Gasteiger partial charge in [-0.2, -0.15) is 0 Å². The fourth-order valence-corrected chi connectivity index (χ4v) is 1.98. The van der Waals surface area contributed by atoms with Gasteiger partial charge in [0, 0.05) is 25.6 Å². The van der Waals surface area contributed by atoms with Crippen LogP contribution in [0.2, 0.25) is 0 Å². The molecule has 0 radical (unpaired) electrons. The Morgan fingerprint density at radius 1 is 1.46 bits per heavy atom. The number of hydrogen-bond acceptors (Lipinski definition) is 2. The Morgan fingerprint density at radius 3 is 2.77 bits per heavy atom. The standard InChI is InChI=1S/C10H18N2O/c1-12(10(13)8-4-5-8)7-9-3-2-6-11-9/h8-9,11H,2-7H2,1H3. The second-order valence-electron chi connectivity index (χ2n) is 4.29.